The van der Waals surface area contributed by atoms with Crippen molar-refractivity contribution in [2.45, 2.75) is 51.9 Å². The van der Waals surface area contributed by atoms with E-state index in [1.807, 2.05) is 0 Å². The van der Waals surface area contributed by atoms with E-state index in [0.717, 1.165) is 31.1 Å². The molecule has 4 saturated carbocycles. The molecule has 106 valence electrons. The van der Waals surface area contributed by atoms with Crippen LogP contribution in [0, 0.1) is 22.7 Å². The standard InChI is InChI=1S/C14H23N3OS/c1-2-13-4-9-3-10(5-13)7-14(6-9,8-13)11(18)16-17-12(15)19/h9-10H,2-8H2,1H3,(H,16,18)(H3,15,17,19)/t9-,10-,13?,14?/m1/s1. The number of nitrogens with two attached hydrogens (primary N) is 1. The molecule has 4 aliphatic carbocycles. The molecular formula is C14H23N3OS. The van der Waals surface area contributed by atoms with Crippen LogP contribution in [0.25, 0.3) is 0 Å². The van der Waals surface area contributed by atoms with Crippen molar-refractivity contribution in [2.75, 3.05) is 0 Å². The molecule has 19 heavy (non-hydrogen) atoms. The number of hydrazine groups is 1. The van der Waals surface area contributed by atoms with Crippen molar-refractivity contribution in [3.8, 4) is 0 Å². The summed E-state index contributed by atoms with van der Waals surface area (Å²) in [6.45, 7) is 2.28. The smallest absolute Gasteiger partial charge is 0.244 e. The second-order valence-electron chi connectivity index (χ2n) is 7.04. The Labute approximate surface area is 119 Å². The van der Waals surface area contributed by atoms with E-state index in [9.17, 15) is 4.79 Å². The average Bonchev–Trinajstić information content (AvgIpc) is 2.34. The molecule has 0 heterocycles. The van der Waals surface area contributed by atoms with Crippen LogP contribution < -0.4 is 16.6 Å². The number of amides is 1. The van der Waals surface area contributed by atoms with Gasteiger partial charge in [-0.2, -0.15) is 0 Å². The molecule has 0 spiro atoms. The van der Waals surface area contributed by atoms with Crippen LogP contribution in [0.15, 0.2) is 0 Å². The molecule has 2 atom stereocenters. The third-order valence-corrected chi connectivity index (χ3v) is 5.82. The normalized spacial score (nSPS) is 43.0. The van der Waals surface area contributed by atoms with Crippen LogP contribution in [0.5, 0.6) is 0 Å². The van der Waals surface area contributed by atoms with Crippen LogP contribution >= 0.6 is 12.2 Å². The second-order valence-corrected chi connectivity index (χ2v) is 7.48. The third-order valence-electron chi connectivity index (χ3n) is 5.71. The lowest BCUT2D eigenvalue weighted by Gasteiger charge is -2.61. The molecule has 0 saturated heterocycles. The molecule has 0 aromatic carbocycles. The van der Waals surface area contributed by atoms with Crippen molar-refractivity contribution in [1.29, 1.82) is 0 Å². The van der Waals surface area contributed by atoms with E-state index in [1.54, 1.807) is 0 Å². The zero-order valence-electron chi connectivity index (χ0n) is 11.5. The summed E-state index contributed by atoms with van der Waals surface area (Å²) in [5.74, 6) is 1.60. The van der Waals surface area contributed by atoms with Gasteiger partial charge < -0.3 is 5.73 Å². The predicted molar refractivity (Wildman–Crippen MR) is 77.9 cm³/mol. The highest BCUT2D eigenvalue weighted by molar-refractivity contribution is 7.80. The summed E-state index contributed by atoms with van der Waals surface area (Å²) >= 11 is 4.75. The van der Waals surface area contributed by atoms with E-state index in [0.29, 0.717) is 5.41 Å². The number of carbonyl (C=O) groups is 1. The first kappa shape index (κ1) is 13.2. The molecular weight excluding hydrogens is 258 g/mol. The highest BCUT2D eigenvalue weighted by atomic mass is 32.1. The molecule has 0 unspecified atom stereocenters. The maximum absolute atomic E-state index is 12.6. The SMILES string of the molecule is CCC12C[C@H]3C[C@H](C1)CC(C(=O)NNC(N)=S)(C3)C2. The van der Waals surface area contributed by atoms with Crippen molar-refractivity contribution in [3.05, 3.63) is 0 Å². The Balaban J connectivity index is 1.80. The fourth-order valence-electron chi connectivity index (χ4n) is 5.38. The number of hydrogen-bond acceptors (Lipinski definition) is 2. The quantitative estimate of drug-likeness (QED) is 0.534. The van der Waals surface area contributed by atoms with Crippen molar-refractivity contribution in [1.82, 2.24) is 10.9 Å². The van der Waals surface area contributed by atoms with E-state index in [1.165, 1.54) is 25.7 Å². The Bertz CT molecular complexity index is 409. The predicted octanol–water partition coefficient (Wildman–Crippen LogP) is 1.85. The Morgan fingerprint density at radius 2 is 1.89 bits per heavy atom. The summed E-state index contributed by atoms with van der Waals surface area (Å²) in [5, 5.41) is 0.128. The molecule has 0 aliphatic heterocycles. The molecule has 0 radical (unpaired) electrons. The van der Waals surface area contributed by atoms with E-state index >= 15 is 0 Å². The maximum Gasteiger partial charge on any atom is 0.244 e. The molecule has 4 fully saturated rings. The minimum atomic E-state index is -0.169. The Morgan fingerprint density at radius 1 is 1.26 bits per heavy atom. The highest BCUT2D eigenvalue weighted by Gasteiger charge is 2.59. The summed E-state index contributed by atoms with van der Waals surface area (Å²) in [6.07, 6.45) is 8.35. The van der Waals surface area contributed by atoms with Crippen LogP contribution in [-0.4, -0.2) is 11.0 Å². The first-order chi connectivity index (χ1) is 8.97. The van der Waals surface area contributed by atoms with Gasteiger partial charge in [0.15, 0.2) is 5.11 Å². The lowest BCUT2D eigenvalue weighted by molar-refractivity contribution is -0.158. The summed E-state index contributed by atoms with van der Waals surface area (Å²) in [6, 6.07) is 0. The van der Waals surface area contributed by atoms with Crippen molar-refractivity contribution < 1.29 is 4.79 Å². The largest absolute Gasteiger partial charge is 0.375 e. The van der Waals surface area contributed by atoms with Crippen LogP contribution in [-0.2, 0) is 4.79 Å². The van der Waals surface area contributed by atoms with Crippen LogP contribution in [0.4, 0.5) is 0 Å². The zero-order chi connectivity index (χ0) is 13.7. The number of hydrogen-bond donors (Lipinski definition) is 3. The Morgan fingerprint density at radius 3 is 2.42 bits per heavy atom. The van der Waals surface area contributed by atoms with E-state index in [-0.39, 0.29) is 16.4 Å². The first-order valence-electron chi connectivity index (χ1n) is 7.33. The van der Waals surface area contributed by atoms with Crippen LogP contribution in [0.1, 0.15) is 51.9 Å². The van der Waals surface area contributed by atoms with Gasteiger partial charge in [-0.3, -0.25) is 15.6 Å². The summed E-state index contributed by atoms with van der Waals surface area (Å²) in [5.41, 5.74) is 11.0. The van der Waals surface area contributed by atoms with Crippen molar-refractivity contribution in [2.24, 2.45) is 28.4 Å². The van der Waals surface area contributed by atoms with Crippen LogP contribution in [0.2, 0.25) is 0 Å². The maximum atomic E-state index is 12.6. The number of rotatable bonds is 2. The van der Waals surface area contributed by atoms with E-state index in [2.05, 4.69) is 17.8 Å². The van der Waals surface area contributed by atoms with Gasteiger partial charge in [0.1, 0.15) is 0 Å². The summed E-state index contributed by atoms with van der Waals surface area (Å²) in [4.78, 5) is 12.6. The number of nitrogens with one attached hydrogen (secondary N) is 2. The molecule has 1 amide bonds. The van der Waals surface area contributed by atoms with Crippen molar-refractivity contribution >= 4 is 23.2 Å². The van der Waals surface area contributed by atoms with Crippen molar-refractivity contribution in [3.63, 3.8) is 0 Å². The molecule has 0 aromatic heterocycles. The van der Waals surface area contributed by atoms with Gasteiger partial charge in [-0.05, 0) is 68.0 Å². The highest BCUT2D eigenvalue weighted by Crippen LogP contribution is 2.66. The molecule has 4 aliphatic rings. The van der Waals surface area contributed by atoms with Gasteiger partial charge >= 0.3 is 0 Å². The molecule has 5 heteroatoms. The minimum absolute atomic E-state index is 0.104. The van der Waals surface area contributed by atoms with Gasteiger partial charge in [0.25, 0.3) is 0 Å². The van der Waals surface area contributed by atoms with E-state index < -0.39 is 0 Å². The fraction of sp³-hybridized carbons (Fsp3) is 0.857. The minimum Gasteiger partial charge on any atom is -0.375 e. The zero-order valence-corrected chi connectivity index (χ0v) is 12.3. The Hall–Kier alpha value is -0.840. The first-order valence-corrected chi connectivity index (χ1v) is 7.74. The van der Waals surface area contributed by atoms with Gasteiger partial charge in [-0.1, -0.05) is 13.3 Å². The lowest BCUT2D eigenvalue weighted by atomic mass is 9.43. The van der Waals surface area contributed by atoms with Gasteiger partial charge in [-0.25, -0.2) is 0 Å². The van der Waals surface area contributed by atoms with E-state index in [4.69, 9.17) is 18.0 Å². The summed E-state index contributed by atoms with van der Waals surface area (Å²) in [7, 11) is 0. The van der Waals surface area contributed by atoms with Crippen LogP contribution in [0.3, 0.4) is 0 Å². The van der Waals surface area contributed by atoms with Gasteiger partial charge in [0.2, 0.25) is 5.91 Å². The van der Waals surface area contributed by atoms with Gasteiger partial charge in [0.05, 0.1) is 5.41 Å². The molecule has 4 rings (SSSR count). The monoisotopic (exact) mass is 281 g/mol. The Kier molecular flexibility index (Phi) is 3.00. The summed E-state index contributed by atoms with van der Waals surface area (Å²) < 4.78 is 0. The molecule has 4 nitrogen and oxygen atoms in total. The fourth-order valence-corrected chi connectivity index (χ4v) is 5.43. The second kappa shape index (κ2) is 4.33. The third kappa shape index (κ3) is 2.12. The number of carbonyl (C=O) groups excluding carboxylic acids is 1. The topological polar surface area (TPSA) is 67.2 Å². The van der Waals surface area contributed by atoms with Gasteiger partial charge in [-0.15, -0.1) is 0 Å². The number of thiocarbonyl (C=S) groups is 1. The molecule has 0 aromatic rings. The molecule has 4 N–H and O–H groups in total. The van der Waals surface area contributed by atoms with Gasteiger partial charge in [0, 0.05) is 0 Å². The average molecular weight is 281 g/mol. The molecule has 4 bridgehead atoms. The lowest BCUT2D eigenvalue weighted by Crippen LogP contribution is -2.59.